The van der Waals surface area contributed by atoms with E-state index < -0.39 is 11.9 Å². The van der Waals surface area contributed by atoms with Crippen LogP contribution < -0.4 is 4.74 Å². The number of rotatable bonds is 3. The monoisotopic (exact) mass is 312 g/mol. The molecule has 0 bridgehead atoms. The SMILES string of the molecule is COc1cc(C(O)c2cc(Br)ccc2F)ncn1. The summed E-state index contributed by atoms with van der Waals surface area (Å²) in [6, 6.07) is 5.81. The molecule has 2 rings (SSSR count). The largest absolute Gasteiger partial charge is 0.481 e. The van der Waals surface area contributed by atoms with E-state index in [1.54, 1.807) is 6.07 Å². The lowest BCUT2D eigenvalue weighted by Gasteiger charge is -2.12. The fraction of sp³-hybridized carbons (Fsp3) is 0.167. The van der Waals surface area contributed by atoms with Crippen LogP contribution in [0, 0.1) is 5.82 Å². The van der Waals surface area contributed by atoms with Crippen molar-refractivity contribution in [3.8, 4) is 5.88 Å². The van der Waals surface area contributed by atoms with Crippen LogP contribution in [0.25, 0.3) is 0 Å². The molecule has 4 nitrogen and oxygen atoms in total. The first kappa shape index (κ1) is 12.9. The molecule has 1 aromatic heterocycles. The Kier molecular flexibility index (Phi) is 3.88. The van der Waals surface area contributed by atoms with Gasteiger partial charge in [0, 0.05) is 16.1 Å². The third-order valence-corrected chi connectivity index (χ3v) is 2.90. The molecule has 1 heterocycles. The first-order valence-electron chi connectivity index (χ1n) is 5.10. The van der Waals surface area contributed by atoms with Crippen LogP contribution in [-0.2, 0) is 0 Å². The maximum Gasteiger partial charge on any atom is 0.216 e. The molecule has 1 unspecified atom stereocenters. The predicted molar refractivity (Wildman–Crippen MR) is 66.7 cm³/mol. The molecule has 0 radical (unpaired) electrons. The van der Waals surface area contributed by atoms with Gasteiger partial charge in [0.2, 0.25) is 5.88 Å². The van der Waals surface area contributed by atoms with Gasteiger partial charge in [-0.05, 0) is 18.2 Å². The van der Waals surface area contributed by atoms with Crippen LogP contribution in [0.5, 0.6) is 5.88 Å². The Bertz CT molecular complexity index is 566. The number of aromatic nitrogens is 2. The number of aliphatic hydroxyl groups is 1. The summed E-state index contributed by atoms with van der Waals surface area (Å²) in [4.78, 5) is 7.74. The summed E-state index contributed by atoms with van der Waals surface area (Å²) in [6.45, 7) is 0. The summed E-state index contributed by atoms with van der Waals surface area (Å²) in [5.74, 6) is -0.183. The van der Waals surface area contributed by atoms with Gasteiger partial charge >= 0.3 is 0 Å². The highest BCUT2D eigenvalue weighted by Gasteiger charge is 2.17. The van der Waals surface area contributed by atoms with Gasteiger partial charge < -0.3 is 9.84 Å². The zero-order valence-corrected chi connectivity index (χ0v) is 11.1. The van der Waals surface area contributed by atoms with Crippen molar-refractivity contribution in [3.05, 3.63) is 52.1 Å². The molecule has 0 saturated carbocycles. The molecule has 1 N–H and O–H groups in total. The van der Waals surface area contributed by atoms with Gasteiger partial charge in [0.15, 0.2) is 0 Å². The molecule has 0 saturated heterocycles. The predicted octanol–water partition coefficient (Wildman–Crippen LogP) is 2.47. The minimum absolute atomic E-state index is 0.144. The summed E-state index contributed by atoms with van der Waals surface area (Å²) < 4.78 is 19.2. The average molecular weight is 313 g/mol. The second-order valence-electron chi connectivity index (χ2n) is 3.55. The second-order valence-corrected chi connectivity index (χ2v) is 4.47. The number of benzene rings is 1. The van der Waals surface area contributed by atoms with Crippen LogP contribution in [0.4, 0.5) is 4.39 Å². The van der Waals surface area contributed by atoms with Crippen LogP contribution in [0.15, 0.2) is 35.1 Å². The first-order valence-corrected chi connectivity index (χ1v) is 5.90. The summed E-state index contributed by atoms with van der Waals surface area (Å²) in [5, 5.41) is 10.1. The average Bonchev–Trinajstić information content (AvgIpc) is 2.41. The van der Waals surface area contributed by atoms with Gasteiger partial charge in [0.1, 0.15) is 18.2 Å². The van der Waals surface area contributed by atoms with Crippen LogP contribution in [0.1, 0.15) is 17.4 Å². The lowest BCUT2D eigenvalue weighted by Crippen LogP contribution is -2.05. The van der Waals surface area contributed by atoms with Crippen molar-refractivity contribution in [2.75, 3.05) is 7.11 Å². The number of hydrogen-bond donors (Lipinski definition) is 1. The molecule has 6 heteroatoms. The summed E-state index contributed by atoms with van der Waals surface area (Å²) in [5.41, 5.74) is 0.420. The molecule has 1 atom stereocenters. The Morgan fingerprint density at radius 2 is 2.11 bits per heavy atom. The maximum absolute atomic E-state index is 13.6. The standard InChI is InChI=1S/C12H10BrFN2O2/c1-18-11-5-10(15-6-16-11)12(17)8-4-7(13)2-3-9(8)14/h2-6,12,17H,1H3. The molecular formula is C12H10BrFN2O2. The summed E-state index contributed by atoms with van der Waals surface area (Å²) >= 11 is 3.23. The maximum atomic E-state index is 13.6. The Hall–Kier alpha value is -1.53. The highest BCUT2D eigenvalue weighted by atomic mass is 79.9. The molecule has 0 spiro atoms. The number of hydrogen-bond acceptors (Lipinski definition) is 4. The van der Waals surface area contributed by atoms with Crippen molar-refractivity contribution in [2.24, 2.45) is 0 Å². The van der Waals surface area contributed by atoms with E-state index in [2.05, 4.69) is 25.9 Å². The summed E-state index contributed by atoms with van der Waals surface area (Å²) in [6.07, 6.45) is 0.0900. The third-order valence-electron chi connectivity index (χ3n) is 2.41. The van der Waals surface area contributed by atoms with E-state index in [4.69, 9.17) is 4.74 Å². The van der Waals surface area contributed by atoms with Gasteiger partial charge in [0.05, 0.1) is 12.8 Å². The van der Waals surface area contributed by atoms with Crippen molar-refractivity contribution in [1.29, 1.82) is 0 Å². The van der Waals surface area contributed by atoms with E-state index >= 15 is 0 Å². The number of methoxy groups -OCH3 is 1. The van der Waals surface area contributed by atoms with Crippen molar-refractivity contribution in [2.45, 2.75) is 6.10 Å². The number of nitrogens with zero attached hydrogens (tertiary/aromatic N) is 2. The highest BCUT2D eigenvalue weighted by molar-refractivity contribution is 9.10. The number of aliphatic hydroxyl groups excluding tert-OH is 1. The number of halogens is 2. The van der Waals surface area contributed by atoms with Crippen molar-refractivity contribution in [3.63, 3.8) is 0 Å². The Morgan fingerprint density at radius 1 is 1.33 bits per heavy atom. The van der Waals surface area contributed by atoms with E-state index in [9.17, 15) is 9.50 Å². The van der Waals surface area contributed by atoms with Gasteiger partial charge in [-0.1, -0.05) is 15.9 Å². The Labute approximate surface area is 112 Å². The quantitative estimate of drug-likeness (QED) is 0.946. The molecule has 0 amide bonds. The Morgan fingerprint density at radius 3 is 2.83 bits per heavy atom. The third kappa shape index (κ3) is 2.65. The van der Waals surface area contributed by atoms with Gasteiger partial charge in [0.25, 0.3) is 0 Å². The van der Waals surface area contributed by atoms with Gasteiger partial charge in [-0.15, -0.1) is 0 Å². The molecule has 0 fully saturated rings. The van der Waals surface area contributed by atoms with Crippen LogP contribution >= 0.6 is 15.9 Å². The van der Waals surface area contributed by atoms with Crippen molar-refractivity contribution < 1.29 is 14.2 Å². The van der Waals surface area contributed by atoms with Gasteiger partial charge in [-0.2, -0.15) is 0 Å². The Balaban J connectivity index is 2.40. The topological polar surface area (TPSA) is 55.2 Å². The van der Waals surface area contributed by atoms with Crippen molar-refractivity contribution >= 4 is 15.9 Å². The fourth-order valence-electron chi connectivity index (χ4n) is 1.50. The normalized spacial score (nSPS) is 12.2. The number of ether oxygens (including phenoxy) is 1. The molecule has 94 valence electrons. The molecule has 0 aliphatic rings. The van der Waals surface area contributed by atoms with E-state index in [1.165, 1.54) is 31.6 Å². The van der Waals surface area contributed by atoms with Crippen LogP contribution in [0.2, 0.25) is 0 Å². The second kappa shape index (κ2) is 5.41. The van der Waals surface area contributed by atoms with Crippen LogP contribution in [-0.4, -0.2) is 22.2 Å². The molecule has 18 heavy (non-hydrogen) atoms. The fourth-order valence-corrected chi connectivity index (χ4v) is 1.88. The van der Waals surface area contributed by atoms with Crippen LogP contribution in [0.3, 0.4) is 0 Å². The van der Waals surface area contributed by atoms with E-state index in [1.807, 2.05) is 0 Å². The smallest absolute Gasteiger partial charge is 0.216 e. The molecular weight excluding hydrogens is 303 g/mol. The molecule has 0 aliphatic carbocycles. The molecule has 0 aliphatic heterocycles. The van der Waals surface area contributed by atoms with Gasteiger partial charge in [-0.3, -0.25) is 0 Å². The zero-order chi connectivity index (χ0) is 13.1. The highest BCUT2D eigenvalue weighted by Crippen LogP contribution is 2.26. The minimum Gasteiger partial charge on any atom is -0.481 e. The molecule has 1 aromatic carbocycles. The first-order chi connectivity index (χ1) is 8.61. The molecule has 2 aromatic rings. The lowest BCUT2D eigenvalue weighted by atomic mass is 10.1. The minimum atomic E-state index is -1.17. The van der Waals surface area contributed by atoms with E-state index in [0.29, 0.717) is 10.4 Å². The summed E-state index contributed by atoms with van der Waals surface area (Å²) in [7, 11) is 1.46. The van der Waals surface area contributed by atoms with Crippen molar-refractivity contribution in [1.82, 2.24) is 9.97 Å². The van der Waals surface area contributed by atoms with E-state index in [-0.39, 0.29) is 11.3 Å². The lowest BCUT2D eigenvalue weighted by molar-refractivity contribution is 0.209. The van der Waals surface area contributed by atoms with Gasteiger partial charge in [-0.25, -0.2) is 14.4 Å². The zero-order valence-electron chi connectivity index (χ0n) is 9.47. The van der Waals surface area contributed by atoms with E-state index in [0.717, 1.165) is 0 Å².